The van der Waals surface area contributed by atoms with E-state index in [1.54, 1.807) is 0 Å². The van der Waals surface area contributed by atoms with Crippen molar-refractivity contribution in [1.29, 1.82) is 0 Å². The molecule has 5 nitrogen and oxygen atoms in total. The lowest BCUT2D eigenvalue weighted by Gasteiger charge is -2.36. The molecule has 3 N–H and O–H groups in total. The molecule has 2 amide bonds. The second-order valence-electron chi connectivity index (χ2n) is 5.41. The fourth-order valence-electron chi connectivity index (χ4n) is 2.09. The number of hydrogen-bond acceptors (Lipinski definition) is 3. The number of rotatable bonds is 3. The van der Waals surface area contributed by atoms with Gasteiger partial charge < -0.3 is 15.7 Å². The third-order valence-electron chi connectivity index (χ3n) is 3.60. The molecule has 126 valence electrons. The van der Waals surface area contributed by atoms with E-state index in [0.717, 1.165) is 12.5 Å². The number of benzene rings is 1. The summed E-state index contributed by atoms with van der Waals surface area (Å²) in [7, 11) is 0. The number of amides is 2. The number of anilines is 1. The molecule has 0 atom stereocenters. The Morgan fingerprint density at radius 1 is 1.22 bits per heavy atom. The van der Waals surface area contributed by atoms with Crippen molar-refractivity contribution >= 4 is 17.5 Å². The molecular weight excluding hydrogens is 320 g/mol. The molecule has 1 aromatic carbocycles. The van der Waals surface area contributed by atoms with Crippen LogP contribution in [0.2, 0.25) is 0 Å². The van der Waals surface area contributed by atoms with Gasteiger partial charge in [-0.1, -0.05) is 0 Å². The minimum Gasteiger partial charge on any atom is -0.388 e. The molecule has 1 saturated carbocycles. The summed E-state index contributed by atoms with van der Waals surface area (Å²) in [6.45, 7) is -0.115. The zero-order chi connectivity index (χ0) is 17.3. The number of carbonyl (C=O) groups excluding carboxylic acids is 2. The molecule has 0 aromatic heterocycles. The van der Waals surface area contributed by atoms with Crippen LogP contribution in [-0.2, 0) is 15.8 Å². The van der Waals surface area contributed by atoms with Crippen LogP contribution in [0.15, 0.2) is 18.2 Å². The quantitative estimate of drug-likeness (QED) is 0.583. The first-order valence-electron chi connectivity index (χ1n) is 6.79. The topological polar surface area (TPSA) is 78.4 Å². The minimum atomic E-state index is -4.92. The van der Waals surface area contributed by atoms with Gasteiger partial charge in [-0.05, 0) is 37.5 Å². The third kappa shape index (κ3) is 4.19. The fourth-order valence-corrected chi connectivity index (χ4v) is 2.09. The van der Waals surface area contributed by atoms with Crippen LogP contribution < -0.4 is 10.6 Å². The largest absolute Gasteiger partial charge is 0.419 e. The van der Waals surface area contributed by atoms with Gasteiger partial charge in [-0.15, -0.1) is 0 Å². The Balaban J connectivity index is 1.98. The van der Waals surface area contributed by atoms with Crippen molar-refractivity contribution in [2.24, 2.45) is 0 Å². The molecule has 1 aliphatic rings. The molecule has 0 bridgehead atoms. The maximum Gasteiger partial charge on any atom is 0.419 e. The number of alkyl halides is 3. The average molecular weight is 334 g/mol. The first-order chi connectivity index (χ1) is 10.6. The molecule has 9 heteroatoms. The van der Waals surface area contributed by atoms with E-state index in [9.17, 15) is 32.3 Å². The van der Waals surface area contributed by atoms with Gasteiger partial charge in [0.2, 0.25) is 0 Å². The van der Waals surface area contributed by atoms with Gasteiger partial charge in [0.15, 0.2) is 0 Å². The zero-order valence-corrected chi connectivity index (χ0v) is 11.8. The summed E-state index contributed by atoms with van der Waals surface area (Å²) in [5.41, 5.74) is -2.93. The summed E-state index contributed by atoms with van der Waals surface area (Å²) in [4.78, 5) is 23.2. The van der Waals surface area contributed by atoms with Gasteiger partial charge >= 0.3 is 18.0 Å². The molecule has 0 radical (unpaired) electrons. The van der Waals surface area contributed by atoms with Crippen LogP contribution in [0.5, 0.6) is 0 Å². The molecule has 2 rings (SSSR count). The first kappa shape index (κ1) is 17.2. The van der Waals surface area contributed by atoms with Gasteiger partial charge in [-0.3, -0.25) is 9.59 Å². The second-order valence-corrected chi connectivity index (χ2v) is 5.41. The highest BCUT2D eigenvalue weighted by molar-refractivity contribution is 6.39. The van der Waals surface area contributed by atoms with Crippen LogP contribution in [0.25, 0.3) is 0 Å². The first-order valence-corrected chi connectivity index (χ1v) is 6.79. The van der Waals surface area contributed by atoms with Crippen molar-refractivity contribution in [3.05, 3.63) is 29.6 Å². The van der Waals surface area contributed by atoms with Crippen LogP contribution >= 0.6 is 0 Å². The van der Waals surface area contributed by atoms with Crippen molar-refractivity contribution < 1.29 is 32.3 Å². The Kier molecular flexibility index (Phi) is 4.60. The third-order valence-corrected chi connectivity index (χ3v) is 3.60. The monoisotopic (exact) mass is 334 g/mol. The molecule has 0 heterocycles. The molecule has 1 aliphatic carbocycles. The van der Waals surface area contributed by atoms with Gasteiger partial charge in [0.25, 0.3) is 0 Å². The summed E-state index contributed by atoms with van der Waals surface area (Å²) in [5, 5.41) is 13.9. The number of carbonyl (C=O) groups is 2. The summed E-state index contributed by atoms with van der Waals surface area (Å²) in [6.07, 6.45) is -3.10. The predicted octanol–water partition coefficient (Wildman–Crippen LogP) is 1.81. The predicted molar refractivity (Wildman–Crippen MR) is 71.8 cm³/mol. The van der Waals surface area contributed by atoms with Gasteiger partial charge in [0, 0.05) is 12.2 Å². The van der Waals surface area contributed by atoms with Crippen LogP contribution in [0.4, 0.5) is 23.2 Å². The molecule has 0 aliphatic heterocycles. The highest BCUT2D eigenvalue weighted by Crippen LogP contribution is 2.33. The smallest absolute Gasteiger partial charge is 0.388 e. The summed E-state index contributed by atoms with van der Waals surface area (Å²) < 4.78 is 50.8. The van der Waals surface area contributed by atoms with Crippen LogP contribution in [0, 0.1) is 5.82 Å². The molecule has 0 spiro atoms. The van der Waals surface area contributed by atoms with E-state index < -0.39 is 35.0 Å². The highest BCUT2D eigenvalue weighted by Gasteiger charge is 2.36. The van der Waals surface area contributed by atoms with Gasteiger partial charge in [-0.2, -0.15) is 13.2 Å². The Labute approximate surface area is 128 Å². The number of hydrogen-bond donors (Lipinski definition) is 3. The Bertz CT molecular complexity index is 627. The lowest BCUT2D eigenvalue weighted by molar-refractivity contribution is -0.140. The lowest BCUT2D eigenvalue weighted by Crippen LogP contribution is -2.49. The normalized spacial score (nSPS) is 16.4. The standard InChI is InChI=1S/C14H14F4N2O3/c15-10-3-2-8(6-9(10)14(16,17)18)20-12(22)11(21)19-7-13(23)4-1-5-13/h2-3,6,23H,1,4-5,7H2,(H,19,21)(H,20,22). The number of halogens is 4. The minimum absolute atomic E-state index is 0.115. The van der Waals surface area contributed by atoms with E-state index in [1.165, 1.54) is 0 Å². The van der Waals surface area contributed by atoms with Crippen LogP contribution in [0.3, 0.4) is 0 Å². The van der Waals surface area contributed by atoms with Crippen molar-refractivity contribution in [3.8, 4) is 0 Å². The van der Waals surface area contributed by atoms with Crippen molar-refractivity contribution in [2.45, 2.75) is 31.0 Å². The maximum atomic E-state index is 13.1. The van der Waals surface area contributed by atoms with Gasteiger partial charge in [0.1, 0.15) is 5.82 Å². The molecule has 0 unspecified atom stereocenters. The van der Waals surface area contributed by atoms with Crippen molar-refractivity contribution in [1.82, 2.24) is 5.32 Å². The van der Waals surface area contributed by atoms with E-state index in [4.69, 9.17) is 0 Å². The Morgan fingerprint density at radius 3 is 2.39 bits per heavy atom. The summed E-state index contributed by atoms with van der Waals surface area (Å²) in [5.74, 6) is -3.77. The van der Waals surface area contributed by atoms with Crippen LogP contribution in [-0.4, -0.2) is 29.1 Å². The van der Waals surface area contributed by atoms with Gasteiger partial charge in [-0.25, -0.2) is 4.39 Å². The lowest BCUT2D eigenvalue weighted by atomic mass is 9.80. The van der Waals surface area contributed by atoms with Crippen molar-refractivity contribution in [2.75, 3.05) is 11.9 Å². The van der Waals surface area contributed by atoms with E-state index in [-0.39, 0.29) is 12.2 Å². The summed E-state index contributed by atoms with van der Waals surface area (Å²) in [6, 6.07) is 1.86. The molecule has 1 fully saturated rings. The Morgan fingerprint density at radius 2 is 1.87 bits per heavy atom. The summed E-state index contributed by atoms with van der Waals surface area (Å²) >= 11 is 0. The molecule has 0 saturated heterocycles. The van der Waals surface area contributed by atoms with E-state index >= 15 is 0 Å². The average Bonchev–Trinajstić information content (AvgIpc) is 2.43. The highest BCUT2D eigenvalue weighted by atomic mass is 19.4. The molecule has 23 heavy (non-hydrogen) atoms. The fraction of sp³-hybridized carbons (Fsp3) is 0.429. The number of aliphatic hydroxyl groups is 1. The van der Waals surface area contributed by atoms with E-state index in [0.29, 0.717) is 25.0 Å². The van der Waals surface area contributed by atoms with E-state index in [1.807, 2.05) is 5.32 Å². The Hall–Kier alpha value is -2.16. The molecular formula is C14H14F4N2O3. The maximum absolute atomic E-state index is 13.1. The van der Waals surface area contributed by atoms with Crippen molar-refractivity contribution in [3.63, 3.8) is 0 Å². The van der Waals surface area contributed by atoms with Crippen LogP contribution in [0.1, 0.15) is 24.8 Å². The molecule has 1 aromatic rings. The zero-order valence-electron chi connectivity index (χ0n) is 11.8. The number of nitrogens with one attached hydrogen (secondary N) is 2. The van der Waals surface area contributed by atoms with E-state index in [2.05, 4.69) is 5.32 Å². The second kappa shape index (κ2) is 6.15. The SMILES string of the molecule is O=C(NCC1(O)CCC1)C(=O)Nc1ccc(F)c(C(F)(F)F)c1. The van der Waals surface area contributed by atoms with Gasteiger partial charge in [0.05, 0.1) is 11.2 Å².